The summed E-state index contributed by atoms with van der Waals surface area (Å²) in [7, 11) is 0. The molecular formula is C20H33ArO4S-. The van der Waals surface area contributed by atoms with Crippen molar-refractivity contribution in [2.45, 2.75) is 65.0 Å². The molecule has 0 aliphatic heterocycles. The monoisotopic (exact) mass is 409 g/mol. The van der Waals surface area contributed by atoms with Crippen LogP contribution in [0.1, 0.15) is 59.8 Å². The Morgan fingerprint density at radius 2 is 1.35 bits per heavy atom. The van der Waals surface area contributed by atoms with E-state index in [1.807, 2.05) is 52.0 Å². The smallest absolute Gasteiger partial charge is 0.0639 e. The van der Waals surface area contributed by atoms with Crippen LogP contribution >= 0.6 is 0 Å². The number of rotatable bonds is 12. The Hall–Kier alpha value is 0.250. The van der Waals surface area contributed by atoms with Gasteiger partial charge in [0.25, 0.3) is 0 Å². The zero-order valence-corrected chi connectivity index (χ0v) is 17.8. The number of hydrogen-bond donors (Lipinski definition) is 2. The fraction of sp³-hybridized carbons (Fsp3) is 0.600. The van der Waals surface area contributed by atoms with E-state index < -0.39 is 16.3 Å². The maximum atomic E-state index is 11.5. The summed E-state index contributed by atoms with van der Waals surface area (Å²) in [6.07, 6.45) is 11.6. The fourth-order valence-electron chi connectivity index (χ4n) is 2.24. The molecule has 0 heterocycles. The molecule has 0 radical (unpaired) electrons. The van der Waals surface area contributed by atoms with Crippen LogP contribution in [0.15, 0.2) is 46.6 Å². The first kappa shape index (κ1) is 28.5. The van der Waals surface area contributed by atoms with E-state index in [-0.39, 0.29) is 51.0 Å². The van der Waals surface area contributed by atoms with Crippen LogP contribution in [0.5, 0.6) is 0 Å². The van der Waals surface area contributed by atoms with Crippen molar-refractivity contribution in [3.05, 3.63) is 46.6 Å². The summed E-state index contributed by atoms with van der Waals surface area (Å²) in [5, 5.41) is 17.4. The van der Waals surface area contributed by atoms with Gasteiger partial charge in [0.05, 0.1) is 13.2 Å². The minimum atomic E-state index is -2.14. The average Bonchev–Trinajstić information content (AvgIpc) is 2.57. The zero-order chi connectivity index (χ0) is 19.2. The molecule has 0 fully saturated rings. The molecule has 0 aromatic heterocycles. The van der Waals surface area contributed by atoms with E-state index in [0.717, 1.165) is 48.0 Å². The van der Waals surface area contributed by atoms with Crippen LogP contribution < -0.4 is 0 Å². The minimum absolute atomic E-state index is 0. The van der Waals surface area contributed by atoms with E-state index in [2.05, 4.69) is 0 Å². The van der Waals surface area contributed by atoms with Gasteiger partial charge in [-0.25, -0.2) is 0 Å². The topological polar surface area (TPSA) is 80.6 Å². The first-order chi connectivity index (χ1) is 11.8. The third-order valence-electron chi connectivity index (χ3n) is 3.98. The van der Waals surface area contributed by atoms with Crippen LogP contribution in [0, 0.1) is 37.7 Å². The van der Waals surface area contributed by atoms with E-state index in [9.17, 15) is 8.76 Å². The molecule has 0 rings (SSSR count). The standard InChI is InChI=1S/C20H34O4S.Ar/c1-16(7-5-9-18(3)14-21)11-12-20(25(23)24)13-17(2)8-6-10-19(4)15-22;/h9-11,13,20-22H,5-8,12,14-15H2,1-4H3,(H,23,24);/p-1/b16-11+,17-13+,18-9+,19-10+;. The van der Waals surface area contributed by atoms with Crippen LogP contribution in [0.3, 0.4) is 0 Å². The third-order valence-corrected chi connectivity index (χ3v) is 4.80. The van der Waals surface area contributed by atoms with Crippen molar-refractivity contribution in [1.82, 2.24) is 0 Å². The molecule has 2 N–H and O–H groups in total. The van der Waals surface area contributed by atoms with Crippen molar-refractivity contribution in [2.75, 3.05) is 13.2 Å². The molecule has 0 amide bonds. The van der Waals surface area contributed by atoms with Gasteiger partial charge in [0, 0.05) is 43.0 Å². The molecule has 26 heavy (non-hydrogen) atoms. The van der Waals surface area contributed by atoms with E-state index in [0.29, 0.717) is 6.42 Å². The van der Waals surface area contributed by atoms with Gasteiger partial charge in [-0.1, -0.05) is 46.6 Å². The molecule has 0 aromatic carbocycles. The molecule has 0 saturated heterocycles. The van der Waals surface area contributed by atoms with E-state index >= 15 is 0 Å². The van der Waals surface area contributed by atoms with Gasteiger partial charge in [-0.15, -0.1) is 0 Å². The van der Waals surface area contributed by atoms with Crippen molar-refractivity contribution >= 4 is 11.1 Å². The summed E-state index contributed by atoms with van der Waals surface area (Å²) < 4.78 is 22.9. The third kappa shape index (κ3) is 15.3. The summed E-state index contributed by atoms with van der Waals surface area (Å²) in [5.41, 5.74) is 4.09. The Morgan fingerprint density at radius 3 is 1.77 bits per heavy atom. The van der Waals surface area contributed by atoms with Crippen LogP contribution in [0.4, 0.5) is 0 Å². The molecule has 0 aromatic rings. The molecule has 0 spiro atoms. The second kappa shape index (κ2) is 17.4. The van der Waals surface area contributed by atoms with Crippen molar-refractivity contribution in [1.29, 1.82) is 0 Å². The largest absolute Gasteiger partial charge is 0.772 e. The summed E-state index contributed by atoms with van der Waals surface area (Å²) in [6.45, 7) is 7.86. The molecule has 6 heteroatoms. The van der Waals surface area contributed by atoms with Gasteiger partial charge in [-0.3, -0.25) is 4.21 Å². The van der Waals surface area contributed by atoms with Gasteiger partial charge < -0.3 is 14.8 Å². The van der Waals surface area contributed by atoms with Gasteiger partial charge in [0.1, 0.15) is 0 Å². The van der Waals surface area contributed by atoms with Crippen molar-refractivity contribution in [3.63, 3.8) is 0 Å². The van der Waals surface area contributed by atoms with E-state index in [1.165, 1.54) is 0 Å². The molecule has 2 unspecified atom stereocenters. The van der Waals surface area contributed by atoms with E-state index in [1.54, 1.807) is 0 Å². The van der Waals surface area contributed by atoms with Gasteiger partial charge >= 0.3 is 0 Å². The average molecular weight is 409 g/mol. The summed E-state index contributed by atoms with van der Waals surface area (Å²) in [4.78, 5) is 0. The molecule has 0 saturated carbocycles. The molecule has 4 nitrogen and oxygen atoms in total. The predicted octanol–water partition coefficient (Wildman–Crippen LogP) is 3.95. The molecule has 2 atom stereocenters. The van der Waals surface area contributed by atoms with Crippen LogP contribution in [-0.2, 0) is 11.1 Å². The Balaban J connectivity index is 0. The summed E-state index contributed by atoms with van der Waals surface area (Å²) in [5.74, 6) is 0. The normalized spacial score (nSPS) is 16.3. The molecule has 0 aliphatic rings. The zero-order valence-electron chi connectivity index (χ0n) is 16.3. The van der Waals surface area contributed by atoms with Gasteiger partial charge in [-0.05, 0) is 70.9 Å². The second-order valence-electron chi connectivity index (χ2n) is 6.59. The maximum absolute atomic E-state index is 11.5. The minimum Gasteiger partial charge on any atom is -0.772 e. The Bertz CT molecular complexity index is 536. The fourth-order valence-corrected chi connectivity index (χ4v) is 2.84. The first-order valence-electron chi connectivity index (χ1n) is 8.74. The van der Waals surface area contributed by atoms with Crippen LogP contribution in [0.2, 0.25) is 0 Å². The van der Waals surface area contributed by atoms with Gasteiger partial charge in [0.15, 0.2) is 0 Å². The molecule has 0 aliphatic carbocycles. The number of hydrogen-bond acceptors (Lipinski definition) is 4. The van der Waals surface area contributed by atoms with Crippen molar-refractivity contribution in [3.8, 4) is 0 Å². The number of aliphatic hydroxyl groups excluding tert-OH is 2. The molecule has 152 valence electrons. The second-order valence-corrected chi connectivity index (χ2v) is 7.72. The quantitative estimate of drug-likeness (QED) is 0.378. The summed E-state index contributed by atoms with van der Waals surface area (Å²) >= 11 is -2.14. The number of allylic oxidation sites excluding steroid dienone is 5. The van der Waals surface area contributed by atoms with Crippen molar-refractivity contribution in [2.24, 2.45) is 0 Å². The van der Waals surface area contributed by atoms with Crippen LogP contribution in [-0.4, -0.2) is 37.4 Å². The maximum Gasteiger partial charge on any atom is 0.0639 e. The Labute approximate surface area is 191 Å². The van der Waals surface area contributed by atoms with Gasteiger partial charge in [0.2, 0.25) is 0 Å². The number of aliphatic hydroxyl groups is 2. The summed E-state index contributed by atoms with van der Waals surface area (Å²) in [6, 6.07) is 0. The Kier molecular flexibility index (Phi) is 19.0. The van der Waals surface area contributed by atoms with Crippen LogP contribution in [0.25, 0.3) is 0 Å². The molecule has 0 bridgehead atoms. The van der Waals surface area contributed by atoms with Gasteiger partial charge in [-0.2, -0.15) is 0 Å². The van der Waals surface area contributed by atoms with E-state index in [4.69, 9.17) is 10.2 Å². The predicted molar refractivity (Wildman–Crippen MR) is 105 cm³/mol. The Morgan fingerprint density at radius 1 is 0.885 bits per heavy atom. The molecular weight excluding hydrogens is 376 g/mol. The SMILES string of the molecule is C/C(=C\CC/C(C)=C/CC(/C=C(\C)CC/C=C(\C)CO)S(=O)[O-])CO.[Ar]. The first-order valence-corrected chi connectivity index (χ1v) is 9.87. The van der Waals surface area contributed by atoms with Crippen molar-refractivity contribution < 1.29 is 56.7 Å².